The first-order valence-corrected chi connectivity index (χ1v) is 10.5. The number of carbonyl (C=O) groups is 2. The summed E-state index contributed by atoms with van der Waals surface area (Å²) in [7, 11) is 0. The van der Waals surface area contributed by atoms with Crippen molar-refractivity contribution < 1.29 is 14.7 Å². The third-order valence-corrected chi connectivity index (χ3v) is 5.87. The lowest BCUT2D eigenvalue weighted by molar-refractivity contribution is -0.123. The number of aromatic carboxylic acids is 1. The first kappa shape index (κ1) is 21.5. The van der Waals surface area contributed by atoms with Gasteiger partial charge in [0, 0.05) is 17.4 Å². The van der Waals surface area contributed by atoms with Gasteiger partial charge in [0.1, 0.15) is 4.88 Å². The predicted molar refractivity (Wildman–Crippen MR) is 111 cm³/mol. The fourth-order valence-corrected chi connectivity index (χ4v) is 4.22. The highest BCUT2D eigenvalue weighted by Gasteiger charge is 2.33. The molecule has 1 aromatic heterocycles. The van der Waals surface area contributed by atoms with Gasteiger partial charge in [0.05, 0.1) is 10.6 Å². The fourth-order valence-electron chi connectivity index (χ4n) is 3.38. The first-order chi connectivity index (χ1) is 12.5. The number of thiophene rings is 1. The summed E-state index contributed by atoms with van der Waals surface area (Å²) in [4.78, 5) is 27.6. The first-order valence-electron chi connectivity index (χ1n) is 9.73. The molecule has 27 heavy (non-hydrogen) atoms. The number of amides is 1. The molecule has 2 rings (SSSR count). The number of carboxylic acids is 1. The molecule has 1 aliphatic carbocycles. The van der Waals surface area contributed by atoms with Gasteiger partial charge in [-0.3, -0.25) is 4.79 Å². The molecule has 1 heterocycles. The normalized spacial score (nSPS) is 20.1. The summed E-state index contributed by atoms with van der Waals surface area (Å²) < 4.78 is 0. The maximum atomic E-state index is 13.2. The number of hydrogen-bond acceptors (Lipinski definition) is 3. The van der Waals surface area contributed by atoms with Gasteiger partial charge in [0.2, 0.25) is 5.91 Å². The van der Waals surface area contributed by atoms with Gasteiger partial charge in [-0.05, 0) is 72.3 Å². The number of hydrogen-bond donors (Lipinski definition) is 1. The molecule has 1 aliphatic rings. The number of anilines is 1. The van der Waals surface area contributed by atoms with Crippen molar-refractivity contribution in [3.63, 3.8) is 0 Å². The van der Waals surface area contributed by atoms with E-state index in [4.69, 9.17) is 0 Å². The average molecular weight is 390 g/mol. The van der Waals surface area contributed by atoms with Gasteiger partial charge < -0.3 is 10.0 Å². The Bertz CT molecular complexity index is 753. The van der Waals surface area contributed by atoms with Crippen molar-refractivity contribution >= 4 is 28.9 Å². The second kappa shape index (κ2) is 8.48. The monoisotopic (exact) mass is 389 g/mol. The third kappa shape index (κ3) is 5.59. The minimum atomic E-state index is -1.01. The third-order valence-electron chi connectivity index (χ3n) is 4.85. The minimum Gasteiger partial charge on any atom is -0.477 e. The van der Waals surface area contributed by atoms with Gasteiger partial charge in [-0.15, -0.1) is 11.3 Å². The molecule has 4 nitrogen and oxygen atoms in total. The van der Waals surface area contributed by atoms with Crippen molar-refractivity contribution in [2.45, 2.75) is 73.3 Å². The smallest absolute Gasteiger partial charge is 0.348 e. The maximum Gasteiger partial charge on any atom is 0.348 e. The van der Waals surface area contributed by atoms with Gasteiger partial charge in [0.15, 0.2) is 0 Å². The topological polar surface area (TPSA) is 57.6 Å². The Balaban J connectivity index is 2.40. The molecule has 0 bridgehead atoms. The molecule has 1 aromatic rings. The van der Waals surface area contributed by atoms with E-state index in [2.05, 4.69) is 18.8 Å². The minimum absolute atomic E-state index is 0.0192. The van der Waals surface area contributed by atoms with Crippen molar-refractivity contribution in [1.29, 1.82) is 0 Å². The molecule has 0 spiro atoms. The van der Waals surface area contributed by atoms with E-state index in [1.54, 1.807) is 11.0 Å². The largest absolute Gasteiger partial charge is 0.477 e. The molecule has 0 atom stereocenters. The summed E-state index contributed by atoms with van der Waals surface area (Å²) in [6.07, 6.45) is 3.87. The standard InChI is InChI=1S/C22H31NO3S/c1-14(2)23(20(24)16-9-7-15(3)8-10-16)18-13-17(11-12-22(4,5)6)27-19(18)21(25)26/h13-16H,7-10H2,1-6H3,(H,25,26)/t15-,16-. The van der Waals surface area contributed by atoms with Gasteiger partial charge in [0.25, 0.3) is 0 Å². The fraction of sp³-hybridized carbons (Fsp3) is 0.636. The maximum absolute atomic E-state index is 13.2. The van der Waals surface area contributed by atoms with E-state index >= 15 is 0 Å². The zero-order chi connectivity index (χ0) is 20.4. The molecular formula is C22H31NO3S. The van der Waals surface area contributed by atoms with Crippen LogP contribution in [0.3, 0.4) is 0 Å². The molecule has 1 N–H and O–H groups in total. The van der Waals surface area contributed by atoms with Crippen LogP contribution in [0, 0.1) is 29.1 Å². The van der Waals surface area contributed by atoms with Gasteiger partial charge in [-0.25, -0.2) is 4.79 Å². The Hall–Kier alpha value is -1.80. The van der Waals surface area contributed by atoms with Crippen LogP contribution in [0.2, 0.25) is 0 Å². The summed E-state index contributed by atoms with van der Waals surface area (Å²) in [5.41, 5.74) is 0.323. The van der Waals surface area contributed by atoms with Crippen molar-refractivity contribution in [3.05, 3.63) is 15.8 Å². The number of rotatable bonds is 4. The Morgan fingerprint density at radius 3 is 2.30 bits per heavy atom. The Morgan fingerprint density at radius 1 is 1.22 bits per heavy atom. The molecule has 1 amide bonds. The van der Waals surface area contributed by atoms with Crippen LogP contribution in [0.5, 0.6) is 0 Å². The van der Waals surface area contributed by atoms with Crippen LogP contribution < -0.4 is 4.90 Å². The van der Waals surface area contributed by atoms with E-state index in [-0.39, 0.29) is 28.2 Å². The van der Waals surface area contributed by atoms with E-state index in [0.29, 0.717) is 16.5 Å². The Labute approximate surface area is 167 Å². The predicted octanol–water partition coefficient (Wildman–Crippen LogP) is 5.41. The summed E-state index contributed by atoms with van der Waals surface area (Å²) in [5, 5.41) is 9.69. The molecule has 1 fully saturated rings. The van der Waals surface area contributed by atoms with Crippen LogP contribution in [-0.2, 0) is 4.79 Å². The number of nitrogens with zero attached hydrogens (tertiary/aromatic N) is 1. The SMILES string of the molecule is CC(C)N(c1cc(C#CC(C)(C)C)sc1C(=O)O)C(=O)[C@H]1CC[C@H](C)CC1. The van der Waals surface area contributed by atoms with Crippen LogP contribution in [0.25, 0.3) is 0 Å². The molecule has 0 unspecified atom stereocenters. The lowest BCUT2D eigenvalue weighted by Crippen LogP contribution is -2.42. The number of carbonyl (C=O) groups excluding carboxylic acids is 1. The van der Waals surface area contributed by atoms with Crippen LogP contribution in [-0.4, -0.2) is 23.0 Å². The summed E-state index contributed by atoms with van der Waals surface area (Å²) in [6, 6.07) is 1.67. The molecule has 0 aromatic carbocycles. The number of carboxylic acid groups (broad SMARTS) is 1. The highest BCUT2D eigenvalue weighted by atomic mass is 32.1. The van der Waals surface area contributed by atoms with Gasteiger partial charge >= 0.3 is 5.97 Å². The summed E-state index contributed by atoms with van der Waals surface area (Å²) in [6.45, 7) is 12.1. The van der Waals surface area contributed by atoms with Crippen molar-refractivity contribution in [2.24, 2.45) is 17.3 Å². The lowest BCUT2D eigenvalue weighted by atomic mass is 9.82. The van der Waals surface area contributed by atoms with Crippen molar-refractivity contribution in [2.75, 3.05) is 4.90 Å². The molecule has 148 valence electrons. The summed E-state index contributed by atoms with van der Waals surface area (Å²) in [5.74, 6) is 5.92. The Morgan fingerprint density at radius 2 is 1.81 bits per heavy atom. The molecular weight excluding hydrogens is 358 g/mol. The van der Waals surface area contributed by atoms with Crippen LogP contribution >= 0.6 is 11.3 Å². The van der Waals surface area contributed by atoms with Crippen LogP contribution in [0.4, 0.5) is 5.69 Å². The Kier molecular flexibility index (Phi) is 6.75. The summed E-state index contributed by atoms with van der Waals surface area (Å²) >= 11 is 1.15. The van der Waals surface area contributed by atoms with E-state index < -0.39 is 5.97 Å². The van der Waals surface area contributed by atoms with E-state index in [9.17, 15) is 14.7 Å². The highest BCUT2D eigenvalue weighted by molar-refractivity contribution is 7.15. The van der Waals surface area contributed by atoms with Crippen molar-refractivity contribution in [1.82, 2.24) is 0 Å². The van der Waals surface area contributed by atoms with E-state index in [1.807, 2.05) is 34.6 Å². The van der Waals surface area contributed by atoms with Crippen LogP contribution in [0.1, 0.15) is 81.8 Å². The highest BCUT2D eigenvalue weighted by Crippen LogP contribution is 2.36. The zero-order valence-corrected chi connectivity index (χ0v) is 18.1. The molecule has 0 radical (unpaired) electrons. The second-order valence-electron chi connectivity index (χ2n) is 8.89. The zero-order valence-electron chi connectivity index (χ0n) is 17.3. The van der Waals surface area contributed by atoms with Crippen molar-refractivity contribution in [3.8, 4) is 11.8 Å². The second-order valence-corrected chi connectivity index (χ2v) is 9.94. The van der Waals surface area contributed by atoms with Gasteiger partial charge in [-0.2, -0.15) is 0 Å². The quantitative estimate of drug-likeness (QED) is 0.700. The molecule has 0 aliphatic heterocycles. The van der Waals surface area contributed by atoms with Crippen LogP contribution in [0.15, 0.2) is 6.07 Å². The van der Waals surface area contributed by atoms with E-state index in [1.165, 1.54) is 0 Å². The average Bonchev–Trinajstić information content (AvgIpc) is 2.97. The lowest BCUT2D eigenvalue weighted by Gasteiger charge is -2.33. The van der Waals surface area contributed by atoms with E-state index in [0.717, 1.165) is 37.0 Å². The molecule has 1 saturated carbocycles. The van der Waals surface area contributed by atoms with Gasteiger partial charge in [-0.1, -0.05) is 18.8 Å². The molecule has 5 heteroatoms. The molecule has 0 saturated heterocycles.